The number of phenolic OH excluding ortho intramolecular Hbond substituents is 1. The van der Waals surface area contributed by atoms with Crippen molar-refractivity contribution in [3.63, 3.8) is 0 Å². The Morgan fingerprint density at radius 3 is 2.71 bits per heavy atom. The lowest BCUT2D eigenvalue weighted by Gasteiger charge is -2.22. The van der Waals surface area contributed by atoms with Crippen LogP contribution in [0.1, 0.15) is 31.4 Å². The van der Waals surface area contributed by atoms with E-state index in [0.29, 0.717) is 6.42 Å². The SMILES string of the molecule is CC(=O)OC(CC1=CCc2ccc(O)cc21)C(N)C(C)=O. The van der Waals surface area contributed by atoms with Gasteiger partial charge in [0.2, 0.25) is 0 Å². The summed E-state index contributed by atoms with van der Waals surface area (Å²) in [4.78, 5) is 22.7. The van der Waals surface area contributed by atoms with Crippen LogP contribution in [-0.4, -0.2) is 29.0 Å². The number of ketones is 1. The Morgan fingerprint density at radius 1 is 1.38 bits per heavy atom. The molecule has 3 N–H and O–H groups in total. The molecule has 0 radical (unpaired) electrons. The van der Waals surface area contributed by atoms with E-state index < -0.39 is 18.1 Å². The van der Waals surface area contributed by atoms with Gasteiger partial charge in [0.15, 0.2) is 0 Å². The zero-order chi connectivity index (χ0) is 15.6. The van der Waals surface area contributed by atoms with E-state index in [-0.39, 0.29) is 11.5 Å². The third kappa shape index (κ3) is 3.49. The van der Waals surface area contributed by atoms with Crippen molar-refractivity contribution in [3.05, 3.63) is 35.4 Å². The summed E-state index contributed by atoms with van der Waals surface area (Å²) in [5, 5.41) is 9.60. The summed E-state index contributed by atoms with van der Waals surface area (Å²) >= 11 is 0. The van der Waals surface area contributed by atoms with Gasteiger partial charge < -0.3 is 15.6 Å². The van der Waals surface area contributed by atoms with Crippen molar-refractivity contribution in [2.45, 2.75) is 38.8 Å². The molecule has 0 fully saturated rings. The van der Waals surface area contributed by atoms with Crippen LogP contribution in [0.5, 0.6) is 5.75 Å². The average Bonchev–Trinajstić information content (AvgIpc) is 2.79. The van der Waals surface area contributed by atoms with E-state index in [1.165, 1.54) is 13.8 Å². The van der Waals surface area contributed by atoms with Crippen LogP contribution in [-0.2, 0) is 20.7 Å². The Morgan fingerprint density at radius 2 is 2.10 bits per heavy atom. The predicted molar refractivity (Wildman–Crippen MR) is 78.6 cm³/mol. The molecule has 0 saturated heterocycles. The quantitative estimate of drug-likeness (QED) is 0.803. The van der Waals surface area contributed by atoms with E-state index in [0.717, 1.165) is 23.1 Å². The fourth-order valence-corrected chi connectivity index (χ4v) is 2.51. The number of phenols is 1. The highest BCUT2D eigenvalue weighted by Gasteiger charge is 2.28. The summed E-state index contributed by atoms with van der Waals surface area (Å²) in [6.45, 7) is 2.67. The van der Waals surface area contributed by atoms with Gasteiger partial charge in [-0.3, -0.25) is 9.59 Å². The Labute approximate surface area is 123 Å². The zero-order valence-electron chi connectivity index (χ0n) is 12.1. The molecule has 0 saturated carbocycles. The lowest BCUT2D eigenvalue weighted by atomic mass is 9.96. The molecule has 1 aliphatic rings. The van der Waals surface area contributed by atoms with E-state index in [2.05, 4.69) is 0 Å². The first kappa shape index (κ1) is 15.3. The zero-order valence-corrected chi connectivity index (χ0v) is 12.1. The Balaban J connectivity index is 2.21. The standard InChI is InChI=1S/C16H19NO4/c1-9(18)16(17)15(21-10(2)19)7-12-4-3-11-5-6-13(20)8-14(11)12/h4-6,8,15-16,20H,3,7,17H2,1-2H3. The van der Waals surface area contributed by atoms with Gasteiger partial charge in [0.1, 0.15) is 23.7 Å². The molecule has 0 heterocycles. The molecule has 1 aromatic rings. The number of benzene rings is 1. The molecular weight excluding hydrogens is 270 g/mol. The molecule has 0 bridgehead atoms. The van der Waals surface area contributed by atoms with Gasteiger partial charge in [0, 0.05) is 13.3 Å². The van der Waals surface area contributed by atoms with Crippen LogP contribution >= 0.6 is 0 Å². The Bertz CT molecular complexity index is 606. The third-order valence-corrected chi connectivity index (χ3v) is 3.62. The molecule has 1 aromatic carbocycles. The number of fused-ring (bicyclic) bond motifs is 1. The number of rotatable bonds is 5. The minimum Gasteiger partial charge on any atom is -0.508 e. The second-order valence-corrected chi connectivity index (χ2v) is 5.26. The minimum absolute atomic E-state index is 0.182. The summed E-state index contributed by atoms with van der Waals surface area (Å²) in [6, 6.07) is 4.33. The van der Waals surface area contributed by atoms with Crippen molar-refractivity contribution in [2.24, 2.45) is 5.73 Å². The summed E-state index contributed by atoms with van der Waals surface area (Å²) < 4.78 is 5.19. The number of aromatic hydroxyl groups is 1. The van der Waals surface area contributed by atoms with Crippen molar-refractivity contribution >= 4 is 17.3 Å². The lowest BCUT2D eigenvalue weighted by Crippen LogP contribution is -2.43. The van der Waals surface area contributed by atoms with Crippen molar-refractivity contribution in [2.75, 3.05) is 0 Å². The molecule has 0 aliphatic heterocycles. The number of hydrogen-bond acceptors (Lipinski definition) is 5. The molecular formula is C16H19NO4. The van der Waals surface area contributed by atoms with Gasteiger partial charge >= 0.3 is 5.97 Å². The van der Waals surface area contributed by atoms with E-state index in [1.807, 2.05) is 12.1 Å². The van der Waals surface area contributed by atoms with Crippen LogP contribution in [0, 0.1) is 0 Å². The fraction of sp³-hybridized carbons (Fsp3) is 0.375. The van der Waals surface area contributed by atoms with Crippen LogP contribution in [0.2, 0.25) is 0 Å². The molecule has 2 atom stereocenters. The van der Waals surface area contributed by atoms with Crippen molar-refractivity contribution in [1.82, 2.24) is 0 Å². The molecule has 2 unspecified atom stereocenters. The van der Waals surface area contributed by atoms with Crippen LogP contribution in [0.15, 0.2) is 24.3 Å². The van der Waals surface area contributed by atoms with E-state index in [1.54, 1.807) is 12.1 Å². The molecule has 112 valence electrons. The van der Waals surface area contributed by atoms with Crippen molar-refractivity contribution in [1.29, 1.82) is 0 Å². The summed E-state index contributed by atoms with van der Waals surface area (Å²) in [5.41, 5.74) is 8.79. The third-order valence-electron chi connectivity index (χ3n) is 3.62. The van der Waals surface area contributed by atoms with Crippen molar-refractivity contribution in [3.8, 4) is 5.75 Å². The van der Waals surface area contributed by atoms with Crippen LogP contribution in [0.25, 0.3) is 5.57 Å². The van der Waals surface area contributed by atoms with Gasteiger partial charge in [0.05, 0.1) is 0 Å². The molecule has 0 aromatic heterocycles. The first-order valence-electron chi connectivity index (χ1n) is 6.83. The lowest BCUT2D eigenvalue weighted by molar-refractivity contribution is -0.148. The first-order chi connectivity index (χ1) is 9.88. The minimum atomic E-state index is -0.851. The van der Waals surface area contributed by atoms with Crippen LogP contribution in [0.3, 0.4) is 0 Å². The number of esters is 1. The highest BCUT2D eigenvalue weighted by molar-refractivity contribution is 5.83. The predicted octanol–water partition coefficient (Wildman–Crippen LogP) is 1.57. The van der Waals surface area contributed by atoms with E-state index in [9.17, 15) is 14.7 Å². The maximum Gasteiger partial charge on any atom is 0.302 e. The number of hydrogen-bond donors (Lipinski definition) is 2. The number of allylic oxidation sites excluding steroid dienone is 1. The van der Waals surface area contributed by atoms with E-state index in [4.69, 9.17) is 10.5 Å². The number of Topliss-reactive ketones (excluding diaryl/α,β-unsaturated/α-hetero) is 1. The van der Waals surface area contributed by atoms with Gasteiger partial charge in [-0.2, -0.15) is 0 Å². The monoisotopic (exact) mass is 289 g/mol. The molecule has 5 heteroatoms. The number of ether oxygens (including phenoxy) is 1. The van der Waals surface area contributed by atoms with Crippen LogP contribution in [0.4, 0.5) is 0 Å². The molecule has 5 nitrogen and oxygen atoms in total. The maximum atomic E-state index is 11.5. The molecule has 0 spiro atoms. The average molecular weight is 289 g/mol. The second kappa shape index (κ2) is 6.10. The van der Waals surface area contributed by atoms with E-state index >= 15 is 0 Å². The topological polar surface area (TPSA) is 89.6 Å². The van der Waals surface area contributed by atoms with Crippen LogP contribution < -0.4 is 5.73 Å². The highest BCUT2D eigenvalue weighted by atomic mass is 16.5. The Hall–Kier alpha value is -2.14. The summed E-state index contributed by atoms with van der Waals surface area (Å²) in [7, 11) is 0. The van der Waals surface area contributed by atoms with Gasteiger partial charge in [-0.05, 0) is 42.2 Å². The first-order valence-corrected chi connectivity index (χ1v) is 6.83. The molecule has 21 heavy (non-hydrogen) atoms. The van der Waals surface area contributed by atoms with Gasteiger partial charge in [-0.15, -0.1) is 0 Å². The Kier molecular flexibility index (Phi) is 4.43. The van der Waals surface area contributed by atoms with Gasteiger partial charge in [0.25, 0.3) is 0 Å². The molecule has 0 amide bonds. The summed E-state index contributed by atoms with van der Waals surface area (Å²) in [5.74, 6) is -0.510. The van der Waals surface area contributed by atoms with Crippen molar-refractivity contribution < 1.29 is 19.4 Å². The smallest absolute Gasteiger partial charge is 0.302 e. The molecule has 1 aliphatic carbocycles. The molecule has 2 rings (SSSR count). The normalized spacial score (nSPS) is 15.9. The summed E-state index contributed by atoms with van der Waals surface area (Å²) in [6.07, 6.45) is 2.43. The fourth-order valence-electron chi connectivity index (χ4n) is 2.51. The number of carbonyl (C=O) groups excluding carboxylic acids is 2. The second-order valence-electron chi connectivity index (χ2n) is 5.26. The number of nitrogens with two attached hydrogens (primary N) is 1. The largest absolute Gasteiger partial charge is 0.508 e. The van der Waals surface area contributed by atoms with Gasteiger partial charge in [-0.1, -0.05) is 12.1 Å². The highest BCUT2D eigenvalue weighted by Crippen LogP contribution is 2.34. The maximum absolute atomic E-state index is 11.5. The van der Waals surface area contributed by atoms with Gasteiger partial charge in [-0.25, -0.2) is 0 Å². The number of carbonyl (C=O) groups is 2.